The van der Waals surface area contributed by atoms with E-state index < -0.39 is 5.97 Å². The van der Waals surface area contributed by atoms with E-state index in [-0.39, 0.29) is 5.91 Å². The normalized spacial score (nSPS) is 10.6. The Balaban J connectivity index is 2.11. The average Bonchev–Trinajstić information content (AvgIpc) is 2.54. The Morgan fingerprint density at radius 1 is 1.09 bits per heavy atom. The molecule has 1 N–H and O–H groups in total. The molecule has 118 valence electrons. The summed E-state index contributed by atoms with van der Waals surface area (Å²) in [5.74, 6) is -0.845. The van der Waals surface area contributed by atoms with E-state index >= 15 is 0 Å². The Bertz CT molecular complexity index is 752. The van der Waals surface area contributed by atoms with Crippen LogP contribution in [0.2, 0.25) is 10.0 Å². The minimum atomic E-state index is -0.473. The lowest BCUT2D eigenvalue weighted by Crippen LogP contribution is -2.09. The van der Waals surface area contributed by atoms with Crippen LogP contribution < -0.4 is 5.32 Å². The lowest BCUT2D eigenvalue weighted by Gasteiger charge is -2.05. The molecule has 0 heterocycles. The first kappa shape index (κ1) is 17.1. The van der Waals surface area contributed by atoms with Crippen molar-refractivity contribution in [2.45, 2.75) is 0 Å². The van der Waals surface area contributed by atoms with Crippen LogP contribution in [0.15, 0.2) is 48.5 Å². The lowest BCUT2D eigenvalue weighted by molar-refractivity contribution is -0.111. The van der Waals surface area contributed by atoms with Gasteiger partial charge in [-0.25, -0.2) is 4.79 Å². The topological polar surface area (TPSA) is 55.4 Å². The Hall–Kier alpha value is -2.30. The maximum Gasteiger partial charge on any atom is 0.337 e. The van der Waals surface area contributed by atoms with Gasteiger partial charge >= 0.3 is 5.97 Å². The number of anilines is 1. The van der Waals surface area contributed by atoms with E-state index in [0.717, 1.165) is 0 Å². The van der Waals surface area contributed by atoms with Gasteiger partial charge in [0, 0.05) is 27.4 Å². The molecule has 0 bridgehead atoms. The van der Waals surface area contributed by atoms with Crippen LogP contribution in [0, 0.1) is 0 Å². The van der Waals surface area contributed by atoms with Gasteiger partial charge in [0.15, 0.2) is 0 Å². The van der Waals surface area contributed by atoms with Gasteiger partial charge < -0.3 is 10.1 Å². The van der Waals surface area contributed by atoms with Crippen LogP contribution >= 0.6 is 23.2 Å². The fraction of sp³-hybridized carbons (Fsp3) is 0.0588. The van der Waals surface area contributed by atoms with E-state index in [0.29, 0.717) is 26.9 Å². The molecule has 0 saturated carbocycles. The van der Waals surface area contributed by atoms with Crippen LogP contribution in [0.1, 0.15) is 15.9 Å². The third-order valence-corrected chi connectivity index (χ3v) is 3.61. The van der Waals surface area contributed by atoms with Gasteiger partial charge in [-0.1, -0.05) is 35.3 Å². The zero-order chi connectivity index (χ0) is 16.8. The van der Waals surface area contributed by atoms with Crippen molar-refractivity contribution >= 4 is 46.8 Å². The van der Waals surface area contributed by atoms with E-state index in [9.17, 15) is 9.59 Å². The van der Waals surface area contributed by atoms with Crippen LogP contribution in [0.25, 0.3) is 6.08 Å². The van der Waals surface area contributed by atoms with Gasteiger partial charge in [0.2, 0.25) is 5.91 Å². The summed E-state index contributed by atoms with van der Waals surface area (Å²) in [6.07, 6.45) is 2.85. The molecule has 1 amide bonds. The van der Waals surface area contributed by atoms with E-state index in [2.05, 4.69) is 10.1 Å². The Morgan fingerprint density at radius 2 is 1.74 bits per heavy atom. The van der Waals surface area contributed by atoms with Crippen molar-refractivity contribution in [2.24, 2.45) is 0 Å². The molecule has 2 aromatic carbocycles. The van der Waals surface area contributed by atoms with Crippen LogP contribution in [0.3, 0.4) is 0 Å². The smallest absolute Gasteiger partial charge is 0.337 e. The fourth-order valence-electron chi connectivity index (χ4n) is 1.85. The van der Waals surface area contributed by atoms with Gasteiger partial charge in [-0.2, -0.15) is 0 Å². The second-order valence-electron chi connectivity index (χ2n) is 4.53. The third kappa shape index (κ3) is 4.58. The third-order valence-electron chi connectivity index (χ3n) is 2.95. The molecule has 0 saturated heterocycles. The molecule has 23 heavy (non-hydrogen) atoms. The number of rotatable bonds is 4. The number of amides is 1. The number of esters is 1. The number of halogens is 2. The van der Waals surface area contributed by atoms with Crippen molar-refractivity contribution in [2.75, 3.05) is 12.4 Å². The highest BCUT2D eigenvalue weighted by Crippen LogP contribution is 2.25. The highest BCUT2D eigenvalue weighted by molar-refractivity contribution is 6.37. The van der Waals surface area contributed by atoms with Gasteiger partial charge in [-0.05, 0) is 36.4 Å². The maximum absolute atomic E-state index is 12.0. The highest BCUT2D eigenvalue weighted by Gasteiger charge is 2.07. The molecule has 2 aromatic rings. The molecule has 4 nitrogen and oxygen atoms in total. The molecule has 6 heteroatoms. The van der Waals surface area contributed by atoms with Crippen molar-refractivity contribution in [3.05, 3.63) is 69.7 Å². The monoisotopic (exact) mass is 349 g/mol. The average molecular weight is 350 g/mol. The van der Waals surface area contributed by atoms with E-state index in [1.54, 1.807) is 36.4 Å². The highest BCUT2D eigenvalue weighted by atomic mass is 35.5. The molecule has 0 radical (unpaired) electrons. The van der Waals surface area contributed by atoms with Crippen molar-refractivity contribution in [1.29, 1.82) is 0 Å². The summed E-state index contributed by atoms with van der Waals surface area (Å²) in [4.78, 5) is 23.4. The van der Waals surface area contributed by atoms with Gasteiger partial charge in [0.05, 0.1) is 12.7 Å². The van der Waals surface area contributed by atoms with Crippen molar-refractivity contribution in [3.63, 3.8) is 0 Å². The number of hydrogen-bond donors (Lipinski definition) is 1. The number of ether oxygens (including phenoxy) is 1. The van der Waals surface area contributed by atoms with Crippen molar-refractivity contribution in [1.82, 2.24) is 0 Å². The summed E-state index contributed by atoms with van der Waals surface area (Å²) < 4.78 is 4.63. The second kappa shape index (κ2) is 7.81. The second-order valence-corrected chi connectivity index (χ2v) is 5.34. The molecule has 0 aliphatic carbocycles. The first-order valence-electron chi connectivity index (χ1n) is 6.62. The van der Waals surface area contributed by atoms with Gasteiger partial charge in [-0.3, -0.25) is 4.79 Å². The molecular weight excluding hydrogens is 337 g/mol. The molecule has 0 fully saturated rings. The SMILES string of the molecule is COC(=O)c1cccc(NC(=O)/C=C/c2c(Cl)cccc2Cl)c1. The van der Waals surface area contributed by atoms with Crippen molar-refractivity contribution < 1.29 is 14.3 Å². The van der Waals surface area contributed by atoms with Gasteiger partial charge in [0.25, 0.3) is 0 Å². The van der Waals surface area contributed by atoms with Crippen molar-refractivity contribution in [3.8, 4) is 0 Å². The number of carbonyl (C=O) groups excluding carboxylic acids is 2. The van der Waals surface area contributed by atoms with Crippen LogP contribution in [0.4, 0.5) is 5.69 Å². The predicted octanol–water partition coefficient (Wildman–Crippen LogP) is 4.43. The van der Waals surface area contributed by atoms with Crippen LogP contribution in [-0.4, -0.2) is 19.0 Å². The molecular formula is C17H13Cl2NO3. The molecule has 0 spiro atoms. The van der Waals surface area contributed by atoms with Crippen LogP contribution in [0.5, 0.6) is 0 Å². The zero-order valence-electron chi connectivity index (χ0n) is 12.2. The summed E-state index contributed by atoms with van der Waals surface area (Å²) in [7, 11) is 1.30. The molecule has 0 aliphatic heterocycles. The first-order chi connectivity index (χ1) is 11.0. The largest absolute Gasteiger partial charge is 0.465 e. The molecule has 0 unspecified atom stereocenters. The Labute approximate surface area is 143 Å². The number of benzene rings is 2. The number of methoxy groups -OCH3 is 1. The zero-order valence-corrected chi connectivity index (χ0v) is 13.7. The lowest BCUT2D eigenvalue weighted by atomic mass is 10.2. The molecule has 0 atom stereocenters. The Morgan fingerprint density at radius 3 is 2.39 bits per heavy atom. The van der Waals surface area contributed by atoms with E-state index in [1.807, 2.05) is 0 Å². The number of carbonyl (C=O) groups is 2. The number of nitrogens with one attached hydrogen (secondary N) is 1. The first-order valence-corrected chi connectivity index (χ1v) is 7.38. The van der Waals surface area contributed by atoms with Gasteiger partial charge in [0.1, 0.15) is 0 Å². The fourth-order valence-corrected chi connectivity index (χ4v) is 2.38. The Kier molecular flexibility index (Phi) is 5.79. The number of hydrogen-bond acceptors (Lipinski definition) is 3. The van der Waals surface area contributed by atoms with E-state index in [4.69, 9.17) is 23.2 Å². The summed E-state index contributed by atoms with van der Waals surface area (Å²) in [5.41, 5.74) is 1.39. The minimum absolute atomic E-state index is 0.350. The summed E-state index contributed by atoms with van der Waals surface area (Å²) >= 11 is 12.1. The quantitative estimate of drug-likeness (QED) is 0.656. The molecule has 0 aromatic heterocycles. The molecule has 0 aliphatic rings. The maximum atomic E-state index is 12.0. The summed E-state index contributed by atoms with van der Waals surface area (Å²) in [5, 5.41) is 3.56. The standard InChI is InChI=1S/C17H13Cl2NO3/c1-23-17(22)11-4-2-5-12(10-11)20-16(21)9-8-13-14(18)6-3-7-15(13)19/h2-10H,1H3,(H,20,21)/b9-8+. The summed E-state index contributed by atoms with van der Waals surface area (Å²) in [6, 6.07) is 11.5. The molecule has 2 rings (SSSR count). The predicted molar refractivity (Wildman–Crippen MR) is 91.9 cm³/mol. The van der Waals surface area contributed by atoms with Crippen LogP contribution in [-0.2, 0) is 9.53 Å². The van der Waals surface area contributed by atoms with Gasteiger partial charge in [-0.15, -0.1) is 0 Å². The minimum Gasteiger partial charge on any atom is -0.465 e. The summed E-state index contributed by atoms with van der Waals surface area (Å²) in [6.45, 7) is 0. The van der Waals surface area contributed by atoms with E-state index in [1.165, 1.54) is 25.3 Å².